The van der Waals surface area contributed by atoms with Gasteiger partial charge in [-0.1, -0.05) is 0 Å². The van der Waals surface area contributed by atoms with Crippen molar-refractivity contribution in [1.29, 1.82) is 0 Å². The van der Waals surface area contributed by atoms with Crippen molar-refractivity contribution >= 4 is 11.8 Å². The first kappa shape index (κ1) is 12.1. The maximum atomic E-state index is 13.2. The van der Waals surface area contributed by atoms with Crippen molar-refractivity contribution < 1.29 is 4.39 Å². The van der Waals surface area contributed by atoms with E-state index in [0.29, 0.717) is 0 Å². The molecule has 0 aliphatic rings. The first-order valence-corrected chi connectivity index (χ1v) is 5.96. The molecular formula is C11H13FN4S. The fourth-order valence-corrected chi connectivity index (χ4v) is 2.42. The number of nitrogens with zero attached hydrogens (tertiary/aromatic N) is 3. The molecular weight excluding hydrogens is 239 g/mol. The molecule has 2 rings (SSSR count). The number of aromatic nitrogens is 3. The molecule has 1 atom stereocenters. The van der Waals surface area contributed by atoms with Gasteiger partial charge in [0, 0.05) is 18.0 Å². The lowest BCUT2D eigenvalue weighted by molar-refractivity contribution is 0.619. The van der Waals surface area contributed by atoms with Crippen molar-refractivity contribution in [3.8, 4) is 0 Å². The van der Waals surface area contributed by atoms with Crippen molar-refractivity contribution in [1.82, 2.24) is 14.8 Å². The maximum Gasteiger partial charge on any atom is 0.190 e. The highest BCUT2D eigenvalue weighted by Gasteiger charge is 2.12. The summed E-state index contributed by atoms with van der Waals surface area (Å²) in [6.45, 7) is 1.83. The second kappa shape index (κ2) is 4.85. The van der Waals surface area contributed by atoms with Crippen LogP contribution in [-0.4, -0.2) is 14.8 Å². The number of hydrogen-bond donors (Lipinski definition) is 1. The summed E-state index contributed by atoms with van der Waals surface area (Å²) in [7, 11) is 1.81. The summed E-state index contributed by atoms with van der Waals surface area (Å²) in [4.78, 5) is 5.01. The van der Waals surface area contributed by atoms with Crippen LogP contribution in [0.4, 0.5) is 4.39 Å². The lowest BCUT2D eigenvalue weighted by Crippen LogP contribution is -2.07. The molecule has 0 radical (unpaired) electrons. The van der Waals surface area contributed by atoms with Gasteiger partial charge in [0.15, 0.2) is 5.16 Å². The monoisotopic (exact) mass is 252 g/mol. The Balaban J connectivity index is 2.36. The van der Waals surface area contributed by atoms with Crippen LogP contribution in [0.1, 0.15) is 18.5 Å². The lowest BCUT2D eigenvalue weighted by atomic mass is 10.1. The zero-order valence-corrected chi connectivity index (χ0v) is 10.4. The van der Waals surface area contributed by atoms with E-state index in [2.05, 4.69) is 10.1 Å². The Hall–Kier alpha value is -1.40. The van der Waals surface area contributed by atoms with E-state index in [1.807, 2.05) is 14.0 Å². The molecule has 6 heteroatoms. The zero-order chi connectivity index (χ0) is 12.4. The fourth-order valence-electron chi connectivity index (χ4n) is 1.44. The van der Waals surface area contributed by atoms with E-state index in [0.717, 1.165) is 15.6 Å². The Morgan fingerprint density at radius 3 is 2.82 bits per heavy atom. The highest BCUT2D eigenvalue weighted by atomic mass is 32.2. The molecule has 1 aromatic heterocycles. The molecule has 17 heavy (non-hydrogen) atoms. The van der Waals surface area contributed by atoms with E-state index >= 15 is 0 Å². The quantitative estimate of drug-likeness (QED) is 0.909. The molecule has 0 amide bonds. The van der Waals surface area contributed by atoms with Crippen LogP contribution in [0, 0.1) is 5.82 Å². The third-order valence-electron chi connectivity index (χ3n) is 2.33. The average molecular weight is 252 g/mol. The van der Waals surface area contributed by atoms with E-state index in [4.69, 9.17) is 5.73 Å². The number of benzene rings is 1. The van der Waals surface area contributed by atoms with Gasteiger partial charge in [-0.2, -0.15) is 5.10 Å². The summed E-state index contributed by atoms with van der Waals surface area (Å²) >= 11 is 1.43. The van der Waals surface area contributed by atoms with E-state index in [-0.39, 0.29) is 11.9 Å². The molecule has 0 fully saturated rings. The summed E-state index contributed by atoms with van der Waals surface area (Å²) in [5.41, 5.74) is 6.60. The van der Waals surface area contributed by atoms with E-state index in [1.165, 1.54) is 30.2 Å². The van der Waals surface area contributed by atoms with Gasteiger partial charge in [-0.15, -0.1) is 0 Å². The van der Waals surface area contributed by atoms with Crippen molar-refractivity contribution in [2.45, 2.75) is 23.0 Å². The summed E-state index contributed by atoms with van der Waals surface area (Å²) < 4.78 is 14.8. The minimum atomic E-state index is -0.278. The number of aryl methyl sites for hydroxylation is 1. The predicted octanol–water partition coefficient (Wildman–Crippen LogP) is 2.13. The molecule has 90 valence electrons. The van der Waals surface area contributed by atoms with Crippen LogP contribution in [0.3, 0.4) is 0 Å². The molecule has 2 N–H and O–H groups in total. The van der Waals surface area contributed by atoms with Gasteiger partial charge in [-0.25, -0.2) is 14.1 Å². The summed E-state index contributed by atoms with van der Waals surface area (Å²) in [6, 6.07) is 4.38. The summed E-state index contributed by atoms with van der Waals surface area (Å²) in [6.07, 6.45) is 1.48. The van der Waals surface area contributed by atoms with Gasteiger partial charge in [0.2, 0.25) is 0 Å². The average Bonchev–Trinajstić information content (AvgIpc) is 2.67. The molecule has 0 aliphatic heterocycles. The molecule has 0 aliphatic carbocycles. The van der Waals surface area contributed by atoms with Gasteiger partial charge in [0.05, 0.1) is 0 Å². The second-order valence-corrected chi connectivity index (χ2v) is 4.75. The minimum absolute atomic E-state index is 0.221. The van der Waals surface area contributed by atoms with E-state index in [1.54, 1.807) is 10.7 Å². The number of halogens is 1. The zero-order valence-electron chi connectivity index (χ0n) is 9.59. The van der Waals surface area contributed by atoms with E-state index in [9.17, 15) is 4.39 Å². The molecule has 1 heterocycles. The van der Waals surface area contributed by atoms with Crippen LogP contribution < -0.4 is 5.73 Å². The molecule has 0 saturated carbocycles. The summed E-state index contributed by atoms with van der Waals surface area (Å²) in [5.74, 6) is -0.278. The van der Waals surface area contributed by atoms with Gasteiger partial charge in [-0.05, 0) is 42.4 Å². The Morgan fingerprint density at radius 1 is 1.47 bits per heavy atom. The summed E-state index contributed by atoms with van der Waals surface area (Å²) in [5, 5.41) is 4.73. The predicted molar refractivity (Wildman–Crippen MR) is 64.1 cm³/mol. The van der Waals surface area contributed by atoms with Crippen LogP contribution >= 0.6 is 11.8 Å². The molecule has 1 aromatic carbocycles. The Bertz CT molecular complexity index is 524. The topological polar surface area (TPSA) is 56.7 Å². The Kier molecular flexibility index (Phi) is 3.44. The van der Waals surface area contributed by atoms with Crippen LogP contribution in [0.2, 0.25) is 0 Å². The lowest BCUT2D eigenvalue weighted by Gasteiger charge is -2.11. The maximum absolute atomic E-state index is 13.2. The Labute approximate surface area is 103 Å². The van der Waals surface area contributed by atoms with Gasteiger partial charge < -0.3 is 5.73 Å². The van der Waals surface area contributed by atoms with Gasteiger partial charge in [0.25, 0.3) is 0 Å². The van der Waals surface area contributed by atoms with Gasteiger partial charge in [0.1, 0.15) is 12.1 Å². The largest absolute Gasteiger partial charge is 0.324 e. The van der Waals surface area contributed by atoms with Crippen LogP contribution in [0.25, 0.3) is 0 Å². The number of hydrogen-bond acceptors (Lipinski definition) is 4. The number of nitrogens with two attached hydrogens (primary N) is 1. The molecule has 0 spiro atoms. The minimum Gasteiger partial charge on any atom is -0.324 e. The van der Waals surface area contributed by atoms with Crippen LogP contribution in [0.15, 0.2) is 34.6 Å². The molecule has 0 saturated heterocycles. The molecule has 2 aromatic rings. The normalized spacial score (nSPS) is 12.7. The third kappa shape index (κ3) is 2.65. The second-order valence-electron chi connectivity index (χ2n) is 3.74. The molecule has 0 bridgehead atoms. The fraction of sp³-hybridized carbons (Fsp3) is 0.273. The first-order chi connectivity index (χ1) is 8.08. The Morgan fingerprint density at radius 2 is 2.24 bits per heavy atom. The smallest absolute Gasteiger partial charge is 0.190 e. The SMILES string of the molecule is C[C@@H](N)c1cc(F)ccc1Sc1ncnn1C. The highest BCUT2D eigenvalue weighted by molar-refractivity contribution is 7.99. The van der Waals surface area contributed by atoms with Gasteiger partial charge in [-0.3, -0.25) is 0 Å². The van der Waals surface area contributed by atoms with Crippen LogP contribution in [-0.2, 0) is 7.05 Å². The highest BCUT2D eigenvalue weighted by Crippen LogP contribution is 2.31. The van der Waals surface area contributed by atoms with Gasteiger partial charge >= 0.3 is 0 Å². The van der Waals surface area contributed by atoms with Crippen molar-refractivity contribution in [2.24, 2.45) is 12.8 Å². The number of rotatable bonds is 3. The van der Waals surface area contributed by atoms with Crippen molar-refractivity contribution in [2.75, 3.05) is 0 Å². The third-order valence-corrected chi connectivity index (χ3v) is 3.48. The standard InChI is InChI=1S/C11H13FN4S/c1-7(13)9-5-8(12)3-4-10(9)17-11-14-6-15-16(11)2/h3-7H,13H2,1-2H3/t7-/m1/s1. The first-order valence-electron chi connectivity index (χ1n) is 5.15. The molecule has 0 unspecified atom stereocenters. The van der Waals surface area contributed by atoms with Crippen molar-refractivity contribution in [3.63, 3.8) is 0 Å². The van der Waals surface area contributed by atoms with Crippen LogP contribution in [0.5, 0.6) is 0 Å². The molecule has 4 nitrogen and oxygen atoms in total. The van der Waals surface area contributed by atoms with E-state index < -0.39 is 0 Å². The van der Waals surface area contributed by atoms with Crippen molar-refractivity contribution in [3.05, 3.63) is 35.9 Å².